The number of ether oxygens (including phenoxy) is 3. The average Bonchev–Trinajstić information content (AvgIpc) is 2.92. The second-order valence-electron chi connectivity index (χ2n) is 5.58. The number of hydrogen-bond acceptors (Lipinski definition) is 4. The third kappa shape index (κ3) is 2.59. The van der Waals surface area contributed by atoms with E-state index in [0.29, 0.717) is 43.4 Å². The topological polar surface area (TPSA) is 47.9 Å². The Morgan fingerprint density at radius 2 is 1.81 bits per heavy atom. The molecule has 1 spiro atoms. The molecular formula is C15H18BrFO4. The highest BCUT2D eigenvalue weighted by Crippen LogP contribution is 2.48. The van der Waals surface area contributed by atoms with E-state index in [9.17, 15) is 9.50 Å². The van der Waals surface area contributed by atoms with Gasteiger partial charge in [-0.3, -0.25) is 0 Å². The van der Waals surface area contributed by atoms with Crippen molar-refractivity contribution in [1.29, 1.82) is 0 Å². The Balaban J connectivity index is 1.90. The van der Waals surface area contributed by atoms with Crippen LogP contribution in [0.4, 0.5) is 4.39 Å². The van der Waals surface area contributed by atoms with Gasteiger partial charge in [-0.2, -0.15) is 0 Å². The Morgan fingerprint density at radius 3 is 2.38 bits per heavy atom. The standard InChI is InChI=1S/C15H18BrFO4/c1-19-11-3-2-10(16)12(13(11)17)14(18)4-6-15(7-5-14)20-8-9-21-15/h2-3,18H,4-9H2,1H3. The predicted molar refractivity (Wildman–Crippen MR) is 77.7 cm³/mol. The van der Waals surface area contributed by atoms with Crippen molar-refractivity contribution in [2.24, 2.45) is 0 Å². The first-order chi connectivity index (χ1) is 10.00. The first-order valence-corrected chi connectivity index (χ1v) is 7.82. The minimum atomic E-state index is -1.24. The van der Waals surface area contributed by atoms with Crippen molar-refractivity contribution < 1.29 is 23.7 Å². The Hall–Kier alpha value is -0.690. The lowest BCUT2D eigenvalue weighted by atomic mass is 9.77. The van der Waals surface area contributed by atoms with E-state index in [1.165, 1.54) is 7.11 Å². The summed E-state index contributed by atoms with van der Waals surface area (Å²) in [5.74, 6) is -0.970. The first kappa shape index (κ1) is 15.2. The lowest BCUT2D eigenvalue weighted by Crippen LogP contribution is -2.42. The fourth-order valence-electron chi connectivity index (χ4n) is 3.20. The molecule has 0 unspecified atom stereocenters. The van der Waals surface area contributed by atoms with Gasteiger partial charge >= 0.3 is 0 Å². The van der Waals surface area contributed by atoms with Crippen molar-refractivity contribution >= 4 is 15.9 Å². The molecule has 2 aliphatic rings. The number of rotatable bonds is 2. The summed E-state index contributed by atoms with van der Waals surface area (Å²) in [4.78, 5) is 0. The summed E-state index contributed by atoms with van der Waals surface area (Å²) in [6, 6.07) is 3.24. The third-order valence-electron chi connectivity index (χ3n) is 4.39. The molecule has 1 aromatic carbocycles. The van der Waals surface area contributed by atoms with Gasteiger partial charge in [-0.1, -0.05) is 15.9 Å². The lowest BCUT2D eigenvalue weighted by Gasteiger charge is -2.41. The van der Waals surface area contributed by atoms with E-state index in [4.69, 9.17) is 14.2 Å². The Labute approximate surface area is 131 Å². The highest BCUT2D eigenvalue weighted by molar-refractivity contribution is 9.10. The summed E-state index contributed by atoms with van der Waals surface area (Å²) in [6.45, 7) is 1.16. The van der Waals surface area contributed by atoms with Gasteiger partial charge in [0.15, 0.2) is 17.4 Å². The third-order valence-corrected chi connectivity index (χ3v) is 5.05. The van der Waals surface area contributed by atoms with E-state index in [1.807, 2.05) is 0 Å². The van der Waals surface area contributed by atoms with Crippen LogP contribution in [0.5, 0.6) is 5.75 Å². The van der Waals surface area contributed by atoms with Gasteiger partial charge < -0.3 is 19.3 Å². The van der Waals surface area contributed by atoms with Crippen LogP contribution in [-0.4, -0.2) is 31.2 Å². The SMILES string of the molecule is COc1ccc(Br)c(C2(O)CCC3(CC2)OCCO3)c1F. The minimum Gasteiger partial charge on any atom is -0.494 e. The van der Waals surface area contributed by atoms with E-state index >= 15 is 0 Å². The Morgan fingerprint density at radius 1 is 1.19 bits per heavy atom. The number of methoxy groups -OCH3 is 1. The van der Waals surface area contributed by atoms with Crippen LogP contribution in [0.25, 0.3) is 0 Å². The van der Waals surface area contributed by atoms with Crippen LogP contribution in [0.2, 0.25) is 0 Å². The molecule has 6 heteroatoms. The van der Waals surface area contributed by atoms with Crippen LogP contribution in [0, 0.1) is 5.82 Å². The molecule has 0 radical (unpaired) electrons. The van der Waals surface area contributed by atoms with Gasteiger partial charge in [-0.25, -0.2) is 4.39 Å². The Kier molecular flexibility index (Phi) is 3.98. The first-order valence-electron chi connectivity index (χ1n) is 7.02. The smallest absolute Gasteiger partial charge is 0.172 e. The maximum absolute atomic E-state index is 14.6. The summed E-state index contributed by atoms with van der Waals surface area (Å²) in [5.41, 5.74) is -0.979. The molecule has 116 valence electrons. The van der Waals surface area contributed by atoms with E-state index in [0.717, 1.165) is 0 Å². The maximum Gasteiger partial charge on any atom is 0.172 e. The van der Waals surface area contributed by atoms with Crippen LogP contribution in [0.3, 0.4) is 0 Å². The molecule has 1 saturated carbocycles. The second-order valence-corrected chi connectivity index (χ2v) is 6.43. The van der Waals surface area contributed by atoms with Gasteiger partial charge in [-0.05, 0) is 25.0 Å². The molecule has 1 saturated heterocycles. The zero-order valence-corrected chi connectivity index (χ0v) is 13.4. The van der Waals surface area contributed by atoms with E-state index in [1.54, 1.807) is 12.1 Å². The van der Waals surface area contributed by atoms with Crippen LogP contribution < -0.4 is 4.74 Å². The molecule has 1 aliphatic heterocycles. The Bertz CT molecular complexity index is 533. The molecule has 0 aromatic heterocycles. The second kappa shape index (κ2) is 5.50. The minimum absolute atomic E-state index is 0.135. The summed E-state index contributed by atoms with van der Waals surface area (Å²) in [6.07, 6.45) is 1.87. The van der Waals surface area contributed by atoms with Crippen molar-refractivity contribution in [2.75, 3.05) is 20.3 Å². The maximum atomic E-state index is 14.6. The highest BCUT2D eigenvalue weighted by Gasteiger charge is 2.48. The summed E-state index contributed by atoms with van der Waals surface area (Å²) in [5, 5.41) is 10.9. The van der Waals surface area contributed by atoms with Crippen LogP contribution in [-0.2, 0) is 15.1 Å². The van der Waals surface area contributed by atoms with E-state index in [2.05, 4.69) is 15.9 Å². The molecule has 1 heterocycles. The molecule has 0 atom stereocenters. The summed E-state index contributed by atoms with van der Waals surface area (Å²) < 4.78 is 31.4. The van der Waals surface area contributed by atoms with Gasteiger partial charge in [-0.15, -0.1) is 0 Å². The van der Waals surface area contributed by atoms with Gasteiger partial charge in [0.2, 0.25) is 0 Å². The molecule has 1 aliphatic carbocycles. The van der Waals surface area contributed by atoms with Crippen molar-refractivity contribution in [1.82, 2.24) is 0 Å². The van der Waals surface area contributed by atoms with E-state index < -0.39 is 17.2 Å². The molecule has 3 rings (SSSR count). The normalized spacial score (nSPS) is 23.4. The molecule has 1 aromatic rings. The summed E-state index contributed by atoms with van der Waals surface area (Å²) in [7, 11) is 1.41. The summed E-state index contributed by atoms with van der Waals surface area (Å²) >= 11 is 3.34. The van der Waals surface area contributed by atoms with Gasteiger partial charge in [0, 0.05) is 22.9 Å². The van der Waals surface area contributed by atoms with Crippen molar-refractivity contribution in [3.05, 3.63) is 28.0 Å². The van der Waals surface area contributed by atoms with Crippen LogP contribution in [0.1, 0.15) is 31.2 Å². The molecule has 0 amide bonds. The molecule has 21 heavy (non-hydrogen) atoms. The van der Waals surface area contributed by atoms with Gasteiger partial charge in [0.05, 0.1) is 25.9 Å². The van der Waals surface area contributed by atoms with Crippen molar-refractivity contribution in [3.63, 3.8) is 0 Å². The average molecular weight is 361 g/mol. The monoisotopic (exact) mass is 360 g/mol. The fourth-order valence-corrected chi connectivity index (χ4v) is 3.87. The zero-order valence-electron chi connectivity index (χ0n) is 11.8. The van der Waals surface area contributed by atoms with Gasteiger partial charge in [0.1, 0.15) is 0 Å². The van der Waals surface area contributed by atoms with Crippen LogP contribution >= 0.6 is 15.9 Å². The quantitative estimate of drug-likeness (QED) is 0.880. The molecule has 0 bridgehead atoms. The molecule has 4 nitrogen and oxygen atoms in total. The molecule has 1 N–H and O–H groups in total. The van der Waals surface area contributed by atoms with Crippen LogP contribution in [0.15, 0.2) is 16.6 Å². The van der Waals surface area contributed by atoms with Gasteiger partial charge in [0.25, 0.3) is 0 Å². The molecule has 2 fully saturated rings. The zero-order chi connectivity index (χ0) is 15.1. The highest BCUT2D eigenvalue weighted by atomic mass is 79.9. The number of halogens is 2. The largest absolute Gasteiger partial charge is 0.494 e. The number of benzene rings is 1. The fraction of sp³-hybridized carbons (Fsp3) is 0.600. The number of aliphatic hydroxyl groups is 1. The number of hydrogen-bond donors (Lipinski definition) is 1. The lowest BCUT2D eigenvalue weighted by molar-refractivity contribution is -0.204. The van der Waals surface area contributed by atoms with Crippen molar-refractivity contribution in [2.45, 2.75) is 37.1 Å². The van der Waals surface area contributed by atoms with E-state index in [-0.39, 0.29) is 11.3 Å². The van der Waals surface area contributed by atoms with Crippen molar-refractivity contribution in [3.8, 4) is 5.75 Å². The molecular weight excluding hydrogens is 343 g/mol. The predicted octanol–water partition coefficient (Wildman–Crippen LogP) is 3.10.